The lowest BCUT2D eigenvalue weighted by atomic mass is 10.2. The van der Waals surface area contributed by atoms with Crippen molar-refractivity contribution in [1.29, 1.82) is 0 Å². The molecule has 26 heavy (non-hydrogen) atoms. The Kier molecular flexibility index (Phi) is 7.28. The van der Waals surface area contributed by atoms with Crippen molar-refractivity contribution in [2.75, 3.05) is 19.0 Å². The summed E-state index contributed by atoms with van der Waals surface area (Å²) in [5, 5.41) is 9.68. The van der Waals surface area contributed by atoms with E-state index < -0.39 is 0 Å². The van der Waals surface area contributed by atoms with Crippen LogP contribution in [0.3, 0.4) is 0 Å². The Balaban J connectivity index is 2.19. The van der Waals surface area contributed by atoms with Crippen LogP contribution in [0.5, 0.6) is 5.75 Å². The number of thiocarbonyl (C=S) groups is 1. The molecule has 0 atom stereocenters. The van der Waals surface area contributed by atoms with Crippen LogP contribution in [0.1, 0.15) is 23.9 Å². The highest BCUT2D eigenvalue weighted by Crippen LogP contribution is 2.13. The number of nitrogens with one attached hydrogen (secondary N) is 3. The monoisotopic (exact) mass is 372 g/mol. The minimum Gasteiger partial charge on any atom is -0.497 e. The van der Waals surface area contributed by atoms with E-state index in [1.54, 1.807) is 7.11 Å². The molecule has 7 nitrogen and oxygen atoms in total. The van der Waals surface area contributed by atoms with Gasteiger partial charge in [-0.15, -0.1) is 0 Å². The molecule has 0 radical (unpaired) electrons. The molecule has 0 amide bonds. The second-order valence-corrected chi connectivity index (χ2v) is 6.01. The van der Waals surface area contributed by atoms with Crippen LogP contribution < -0.4 is 20.7 Å². The summed E-state index contributed by atoms with van der Waals surface area (Å²) in [7, 11) is 1.64. The summed E-state index contributed by atoms with van der Waals surface area (Å²) in [5.41, 5.74) is 2.77. The van der Waals surface area contributed by atoms with Crippen LogP contribution in [-0.2, 0) is 6.54 Å². The van der Waals surface area contributed by atoms with Crippen molar-refractivity contribution < 1.29 is 4.74 Å². The maximum absolute atomic E-state index is 5.26. The zero-order valence-corrected chi connectivity index (χ0v) is 16.3. The summed E-state index contributed by atoms with van der Waals surface area (Å²) in [6.07, 6.45) is 0. The molecule has 0 unspecified atom stereocenters. The Labute approximate surface area is 159 Å². The fourth-order valence-electron chi connectivity index (χ4n) is 2.25. The largest absolute Gasteiger partial charge is 0.497 e. The van der Waals surface area contributed by atoms with Crippen LogP contribution in [0.4, 0.5) is 5.95 Å². The van der Waals surface area contributed by atoms with Gasteiger partial charge in [0.25, 0.3) is 0 Å². The number of ether oxygens (including phenoxy) is 1. The second kappa shape index (κ2) is 9.67. The van der Waals surface area contributed by atoms with Crippen LogP contribution >= 0.6 is 12.2 Å². The number of hydrogen-bond acceptors (Lipinski definition) is 5. The third-order valence-corrected chi connectivity index (χ3v) is 3.58. The Morgan fingerprint density at radius 3 is 2.58 bits per heavy atom. The first-order valence-corrected chi connectivity index (χ1v) is 8.72. The third kappa shape index (κ3) is 6.29. The van der Waals surface area contributed by atoms with Gasteiger partial charge in [0.15, 0.2) is 5.11 Å². The molecule has 0 saturated carbocycles. The van der Waals surface area contributed by atoms with Crippen LogP contribution in [-0.4, -0.2) is 34.7 Å². The van der Waals surface area contributed by atoms with E-state index in [4.69, 9.17) is 17.0 Å². The van der Waals surface area contributed by atoms with E-state index in [1.165, 1.54) is 0 Å². The van der Waals surface area contributed by atoms with E-state index >= 15 is 0 Å². The molecule has 2 aromatic rings. The first-order valence-electron chi connectivity index (χ1n) is 8.31. The van der Waals surface area contributed by atoms with Gasteiger partial charge in [0.1, 0.15) is 5.75 Å². The number of guanidine groups is 1. The van der Waals surface area contributed by atoms with Crippen LogP contribution in [0.25, 0.3) is 0 Å². The molecule has 0 bridgehead atoms. The number of hydrogen-bond donors (Lipinski definition) is 3. The van der Waals surface area contributed by atoms with E-state index in [9.17, 15) is 0 Å². The number of methoxy groups -OCH3 is 1. The first-order chi connectivity index (χ1) is 12.5. The highest BCUT2D eigenvalue weighted by molar-refractivity contribution is 7.80. The van der Waals surface area contributed by atoms with Crippen LogP contribution in [0.2, 0.25) is 0 Å². The van der Waals surface area contributed by atoms with E-state index in [2.05, 4.69) is 30.9 Å². The van der Waals surface area contributed by atoms with E-state index in [1.807, 2.05) is 51.1 Å². The average Bonchev–Trinajstić information content (AvgIpc) is 2.59. The molecule has 138 valence electrons. The third-order valence-electron chi connectivity index (χ3n) is 3.34. The number of nitrogens with zero attached hydrogens (tertiary/aromatic N) is 3. The van der Waals surface area contributed by atoms with Gasteiger partial charge in [-0.1, -0.05) is 12.1 Å². The van der Waals surface area contributed by atoms with Crippen LogP contribution in [0, 0.1) is 13.8 Å². The lowest BCUT2D eigenvalue weighted by Gasteiger charge is -2.13. The van der Waals surface area contributed by atoms with Gasteiger partial charge in [-0.2, -0.15) is 0 Å². The Morgan fingerprint density at radius 2 is 1.92 bits per heavy atom. The molecule has 0 aliphatic carbocycles. The van der Waals surface area contributed by atoms with Crippen LogP contribution in [0.15, 0.2) is 35.3 Å². The average molecular weight is 372 g/mol. The predicted molar refractivity (Wildman–Crippen MR) is 109 cm³/mol. The molecular formula is C18H24N6OS. The number of aliphatic imine (C=N–C) groups is 1. The summed E-state index contributed by atoms with van der Waals surface area (Å²) >= 11 is 5.26. The molecule has 0 aliphatic heterocycles. The van der Waals surface area contributed by atoms with E-state index in [0.29, 0.717) is 23.6 Å². The van der Waals surface area contributed by atoms with Crippen molar-refractivity contribution in [1.82, 2.24) is 20.6 Å². The maximum atomic E-state index is 5.26. The normalized spacial score (nSPS) is 11.0. The number of aryl methyl sites for hydroxylation is 2. The quantitative estimate of drug-likeness (QED) is 0.423. The van der Waals surface area contributed by atoms with Crippen molar-refractivity contribution in [2.24, 2.45) is 4.99 Å². The molecule has 8 heteroatoms. The molecule has 0 fully saturated rings. The Bertz CT molecular complexity index is 773. The highest BCUT2D eigenvalue weighted by atomic mass is 32.1. The van der Waals surface area contributed by atoms with Gasteiger partial charge < -0.3 is 15.4 Å². The van der Waals surface area contributed by atoms with Crippen molar-refractivity contribution in [3.8, 4) is 5.75 Å². The van der Waals surface area contributed by atoms with Crippen molar-refractivity contribution in [2.45, 2.75) is 27.3 Å². The molecule has 1 heterocycles. The Morgan fingerprint density at radius 1 is 1.19 bits per heavy atom. The van der Waals surface area contributed by atoms with Gasteiger partial charge >= 0.3 is 0 Å². The summed E-state index contributed by atoms with van der Waals surface area (Å²) in [4.78, 5) is 13.3. The highest BCUT2D eigenvalue weighted by Gasteiger charge is 2.06. The van der Waals surface area contributed by atoms with E-state index in [-0.39, 0.29) is 0 Å². The smallest absolute Gasteiger partial charge is 0.229 e. The van der Waals surface area contributed by atoms with Crippen molar-refractivity contribution in [3.63, 3.8) is 0 Å². The van der Waals surface area contributed by atoms with E-state index in [0.717, 1.165) is 29.2 Å². The maximum Gasteiger partial charge on any atom is 0.229 e. The van der Waals surface area contributed by atoms with Gasteiger partial charge in [0.2, 0.25) is 11.9 Å². The zero-order chi connectivity index (χ0) is 18.9. The topological polar surface area (TPSA) is 83.5 Å². The summed E-state index contributed by atoms with van der Waals surface area (Å²) in [6.45, 7) is 6.98. The van der Waals surface area contributed by atoms with Gasteiger partial charge in [-0.05, 0) is 56.8 Å². The zero-order valence-electron chi connectivity index (χ0n) is 15.5. The fraction of sp³-hybridized carbons (Fsp3) is 0.333. The van der Waals surface area contributed by atoms with Gasteiger partial charge in [-0.25, -0.2) is 15.0 Å². The molecule has 3 N–H and O–H groups in total. The van der Waals surface area contributed by atoms with Gasteiger partial charge in [0.05, 0.1) is 13.7 Å². The SMILES string of the molecule is CCNC(=S)NC(=NCc1cccc(OC)c1)Nc1nc(C)cc(C)n1. The Hall–Kier alpha value is -2.74. The minimum atomic E-state index is 0.450. The molecule has 0 aliphatic rings. The number of anilines is 1. The first kappa shape index (κ1) is 19.6. The molecule has 1 aromatic carbocycles. The van der Waals surface area contributed by atoms with Gasteiger partial charge in [0, 0.05) is 17.9 Å². The number of aromatic nitrogens is 2. The number of benzene rings is 1. The molecule has 0 saturated heterocycles. The van der Waals surface area contributed by atoms with Crippen molar-refractivity contribution in [3.05, 3.63) is 47.3 Å². The lowest BCUT2D eigenvalue weighted by Crippen LogP contribution is -2.42. The summed E-state index contributed by atoms with van der Waals surface area (Å²) < 4.78 is 5.25. The number of rotatable bonds is 5. The minimum absolute atomic E-state index is 0.450. The second-order valence-electron chi connectivity index (χ2n) is 5.60. The standard InChI is InChI=1S/C18H24N6OS/c1-5-19-18(26)24-16(23-17-21-12(2)9-13(3)22-17)20-11-14-7-6-8-15(10-14)25-4/h6-10H,5,11H2,1-4H3,(H3,19,20,21,22,23,24,26). The predicted octanol–water partition coefficient (Wildman–Crippen LogP) is 2.55. The molecular weight excluding hydrogens is 348 g/mol. The summed E-state index contributed by atoms with van der Waals surface area (Å²) in [5.74, 6) is 1.74. The van der Waals surface area contributed by atoms with Crippen molar-refractivity contribution >= 4 is 29.2 Å². The fourth-order valence-corrected chi connectivity index (χ4v) is 2.49. The molecule has 2 rings (SSSR count). The lowest BCUT2D eigenvalue weighted by molar-refractivity contribution is 0.414. The molecule has 1 aromatic heterocycles. The summed E-state index contributed by atoms with van der Waals surface area (Å²) in [6, 6.07) is 9.67. The van der Waals surface area contributed by atoms with Gasteiger partial charge in [-0.3, -0.25) is 5.32 Å². The molecule has 0 spiro atoms.